The van der Waals surface area contributed by atoms with Gasteiger partial charge < -0.3 is 5.11 Å². The fourth-order valence-electron chi connectivity index (χ4n) is 2.47. The van der Waals surface area contributed by atoms with Crippen molar-refractivity contribution in [3.05, 3.63) is 35.4 Å². The van der Waals surface area contributed by atoms with Crippen molar-refractivity contribution >= 4 is 0 Å². The summed E-state index contributed by atoms with van der Waals surface area (Å²) in [7, 11) is 0. The topological polar surface area (TPSA) is 20.2 Å². The van der Waals surface area contributed by atoms with Crippen LogP contribution in [0.15, 0.2) is 24.3 Å². The zero-order valence-electron chi connectivity index (χ0n) is 9.25. The Kier molecular flexibility index (Phi) is 2.13. The van der Waals surface area contributed by atoms with E-state index in [1.165, 1.54) is 5.56 Å². The van der Waals surface area contributed by atoms with E-state index in [-0.39, 0.29) is 17.4 Å². The van der Waals surface area contributed by atoms with E-state index in [9.17, 15) is 5.11 Å². The second kappa shape index (κ2) is 3.12. The molecule has 1 N–H and O–H groups in total. The summed E-state index contributed by atoms with van der Waals surface area (Å²) in [5, 5.41) is 9.56. The zero-order chi connectivity index (χ0) is 11.1. The Hall–Kier alpha value is -1.26. The average molecular weight is 200 g/mol. The van der Waals surface area contributed by atoms with Gasteiger partial charge in [-0.15, -0.1) is 6.42 Å². The summed E-state index contributed by atoms with van der Waals surface area (Å²) in [5.41, 5.74) is 2.18. The van der Waals surface area contributed by atoms with Crippen LogP contribution in [0, 0.1) is 17.8 Å². The lowest BCUT2D eigenvalue weighted by atomic mass is 9.88. The van der Waals surface area contributed by atoms with Gasteiger partial charge in [0, 0.05) is 11.0 Å². The molecule has 2 rings (SSSR count). The zero-order valence-corrected chi connectivity index (χ0v) is 9.25. The highest BCUT2D eigenvalue weighted by Crippen LogP contribution is 2.63. The fourth-order valence-corrected chi connectivity index (χ4v) is 2.47. The Balaban J connectivity index is 2.43. The predicted molar refractivity (Wildman–Crippen MR) is 61.5 cm³/mol. The molecule has 0 spiro atoms. The van der Waals surface area contributed by atoms with Crippen LogP contribution in [0.3, 0.4) is 0 Å². The molecule has 0 amide bonds. The van der Waals surface area contributed by atoms with Gasteiger partial charge in [-0.2, -0.15) is 0 Å². The quantitative estimate of drug-likeness (QED) is 0.726. The number of terminal acetylenes is 1. The van der Waals surface area contributed by atoms with Gasteiger partial charge in [0.2, 0.25) is 0 Å². The van der Waals surface area contributed by atoms with Gasteiger partial charge in [-0.25, -0.2) is 0 Å². The summed E-state index contributed by atoms with van der Waals surface area (Å²) < 4.78 is 0. The molecule has 1 fully saturated rings. The minimum Gasteiger partial charge on any atom is -0.395 e. The van der Waals surface area contributed by atoms with Crippen LogP contribution in [0.2, 0.25) is 0 Å². The van der Waals surface area contributed by atoms with E-state index in [4.69, 9.17) is 6.42 Å². The van der Waals surface area contributed by atoms with E-state index in [1.807, 2.05) is 18.2 Å². The average Bonchev–Trinajstić information content (AvgIpc) is 2.82. The Morgan fingerprint density at radius 3 is 2.60 bits per heavy atom. The first kappa shape index (κ1) is 10.3. The van der Waals surface area contributed by atoms with Crippen LogP contribution in [0.25, 0.3) is 0 Å². The van der Waals surface area contributed by atoms with Crippen molar-refractivity contribution < 1.29 is 5.11 Å². The number of aliphatic hydroxyl groups is 1. The van der Waals surface area contributed by atoms with Gasteiger partial charge in [0.1, 0.15) is 0 Å². The van der Waals surface area contributed by atoms with Crippen molar-refractivity contribution in [2.75, 3.05) is 6.61 Å². The molecule has 1 heteroatoms. The molecule has 1 unspecified atom stereocenters. The first-order chi connectivity index (χ1) is 7.05. The number of aliphatic hydroxyl groups excluding tert-OH is 1. The van der Waals surface area contributed by atoms with Crippen LogP contribution < -0.4 is 0 Å². The molecule has 0 heterocycles. The van der Waals surface area contributed by atoms with Crippen molar-refractivity contribution in [3.8, 4) is 12.3 Å². The molecule has 0 aliphatic heterocycles. The van der Waals surface area contributed by atoms with Gasteiger partial charge in [-0.3, -0.25) is 0 Å². The predicted octanol–water partition coefficient (Wildman–Crippen LogP) is 2.33. The van der Waals surface area contributed by atoms with Crippen LogP contribution in [0.4, 0.5) is 0 Å². The molecule has 1 aliphatic rings. The highest BCUT2D eigenvalue weighted by molar-refractivity contribution is 5.43. The molecule has 0 radical (unpaired) electrons. The SMILES string of the molecule is C#Cc1cccc(C2(CO)CC2(C)C)c1. The lowest BCUT2D eigenvalue weighted by Gasteiger charge is -2.18. The largest absolute Gasteiger partial charge is 0.395 e. The van der Waals surface area contributed by atoms with Crippen molar-refractivity contribution in [1.29, 1.82) is 0 Å². The molecule has 1 saturated carbocycles. The van der Waals surface area contributed by atoms with Crippen LogP contribution in [0.1, 0.15) is 31.4 Å². The lowest BCUT2D eigenvalue weighted by Crippen LogP contribution is -2.19. The number of benzene rings is 1. The van der Waals surface area contributed by atoms with E-state index in [2.05, 4.69) is 25.8 Å². The molecule has 1 nitrogen and oxygen atoms in total. The fraction of sp³-hybridized carbons (Fsp3) is 0.429. The van der Waals surface area contributed by atoms with Crippen LogP contribution in [0.5, 0.6) is 0 Å². The minimum atomic E-state index is -0.0696. The number of hydrogen-bond donors (Lipinski definition) is 1. The lowest BCUT2D eigenvalue weighted by molar-refractivity contribution is 0.231. The van der Waals surface area contributed by atoms with E-state index >= 15 is 0 Å². The van der Waals surface area contributed by atoms with Crippen LogP contribution >= 0.6 is 0 Å². The Morgan fingerprint density at radius 1 is 1.47 bits per heavy atom. The molecule has 78 valence electrons. The monoisotopic (exact) mass is 200 g/mol. The van der Waals surface area contributed by atoms with E-state index in [1.54, 1.807) is 0 Å². The summed E-state index contributed by atoms with van der Waals surface area (Å²) >= 11 is 0. The van der Waals surface area contributed by atoms with Gasteiger partial charge in [0.15, 0.2) is 0 Å². The van der Waals surface area contributed by atoms with Crippen molar-refractivity contribution in [2.45, 2.75) is 25.7 Å². The van der Waals surface area contributed by atoms with Crippen molar-refractivity contribution in [3.63, 3.8) is 0 Å². The van der Waals surface area contributed by atoms with Crippen LogP contribution in [-0.2, 0) is 5.41 Å². The third-order valence-electron chi connectivity index (χ3n) is 3.77. The summed E-state index contributed by atoms with van der Waals surface area (Å²) in [6.45, 7) is 4.57. The van der Waals surface area contributed by atoms with Gasteiger partial charge in [0.05, 0.1) is 6.61 Å². The third kappa shape index (κ3) is 1.37. The molecule has 1 atom stereocenters. The van der Waals surface area contributed by atoms with Gasteiger partial charge in [0.25, 0.3) is 0 Å². The second-order valence-corrected chi connectivity index (χ2v) is 5.03. The first-order valence-electron chi connectivity index (χ1n) is 5.24. The first-order valence-corrected chi connectivity index (χ1v) is 5.24. The number of rotatable bonds is 2. The van der Waals surface area contributed by atoms with Crippen LogP contribution in [-0.4, -0.2) is 11.7 Å². The highest BCUT2D eigenvalue weighted by atomic mass is 16.3. The normalized spacial score (nSPS) is 27.1. The Labute approximate surface area is 91.1 Å². The molecule has 1 aromatic carbocycles. The maximum atomic E-state index is 9.56. The molecule has 0 saturated heterocycles. The number of hydrogen-bond acceptors (Lipinski definition) is 1. The van der Waals surface area contributed by atoms with Gasteiger partial charge in [-0.1, -0.05) is 31.9 Å². The standard InChI is InChI=1S/C14H16O/c1-4-11-6-5-7-12(8-11)14(10-15)9-13(14,2)3/h1,5-8,15H,9-10H2,2-3H3. The van der Waals surface area contributed by atoms with Crippen molar-refractivity contribution in [1.82, 2.24) is 0 Å². The third-order valence-corrected chi connectivity index (χ3v) is 3.77. The molecular formula is C14H16O. The van der Waals surface area contributed by atoms with Gasteiger partial charge >= 0.3 is 0 Å². The maximum absolute atomic E-state index is 9.56. The second-order valence-electron chi connectivity index (χ2n) is 5.03. The molecule has 1 aromatic rings. The smallest absolute Gasteiger partial charge is 0.0533 e. The maximum Gasteiger partial charge on any atom is 0.0533 e. The summed E-state index contributed by atoms with van der Waals surface area (Å²) in [5.74, 6) is 2.64. The van der Waals surface area contributed by atoms with E-state index in [0.29, 0.717) is 0 Å². The van der Waals surface area contributed by atoms with Crippen molar-refractivity contribution in [2.24, 2.45) is 5.41 Å². The molecule has 0 aromatic heterocycles. The Bertz CT molecular complexity index is 425. The Morgan fingerprint density at radius 2 is 2.13 bits per heavy atom. The van der Waals surface area contributed by atoms with E-state index in [0.717, 1.165) is 12.0 Å². The highest BCUT2D eigenvalue weighted by Gasteiger charge is 2.61. The molecular weight excluding hydrogens is 184 g/mol. The summed E-state index contributed by atoms with van der Waals surface area (Å²) in [6, 6.07) is 7.97. The van der Waals surface area contributed by atoms with Gasteiger partial charge in [-0.05, 0) is 29.5 Å². The molecule has 15 heavy (non-hydrogen) atoms. The van der Waals surface area contributed by atoms with E-state index < -0.39 is 0 Å². The summed E-state index contributed by atoms with van der Waals surface area (Å²) in [4.78, 5) is 0. The minimum absolute atomic E-state index is 0.0696. The molecule has 1 aliphatic carbocycles. The summed E-state index contributed by atoms with van der Waals surface area (Å²) in [6.07, 6.45) is 6.41. The molecule has 0 bridgehead atoms.